The average molecular weight is 806 g/mol. The Balaban J connectivity index is 1.05. The molecule has 0 radical (unpaired) electrons. The van der Waals surface area contributed by atoms with Gasteiger partial charge in [-0.25, -0.2) is 0 Å². The highest BCUT2D eigenvalue weighted by molar-refractivity contribution is 7.26. The van der Waals surface area contributed by atoms with Gasteiger partial charge >= 0.3 is 0 Å². The van der Waals surface area contributed by atoms with E-state index in [1.54, 1.807) is 0 Å². The van der Waals surface area contributed by atoms with E-state index in [0.717, 1.165) is 46.1 Å². The van der Waals surface area contributed by atoms with Crippen LogP contribution in [0.1, 0.15) is 67.8 Å². The second-order valence-corrected chi connectivity index (χ2v) is 17.9. The van der Waals surface area contributed by atoms with Crippen LogP contribution in [0.4, 0.5) is 0 Å². The Bertz CT molecular complexity index is 3230. The van der Waals surface area contributed by atoms with Crippen molar-refractivity contribution in [2.45, 2.75) is 45.6 Å². The van der Waals surface area contributed by atoms with Crippen molar-refractivity contribution in [1.82, 2.24) is 0 Å². The Kier molecular flexibility index (Phi) is 9.51. The third-order valence-corrected chi connectivity index (χ3v) is 14.6. The largest absolute Gasteiger partial charge is 0.456 e. The summed E-state index contributed by atoms with van der Waals surface area (Å²) < 4.78 is 9.45. The molecular formula is C58H47NOS. The van der Waals surface area contributed by atoms with E-state index >= 15 is 0 Å². The summed E-state index contributed by atoms with van der Waals surface area (Å²) in [5, 5.41) is 4.89. The lowest BCUT2D eigenvalue weighted by Gasteiger charge is -2.27. The Labute approximate surface area is 361 Å². The number of hydrogen-bond donors (Lipinski definition) is 0. The van der Waals surface area contributed by atoms with Gasteiger partial charge in [0, 0.05) is 54.4 Å². The highest BCUT2D eigenvalue weighted by Gasteiger charge is 2.35. The number of rotatable bonds is 7. The number of benzene rings is 7. The van der Waals surface area contributed by atoms with Gasteiger partial charge in [0.2, 0.25) is 0 Å². The molecule has 11 rings (SSSR count). The van der Waals surface area contributed by atoms with Gasteiger partial charge < -0.3 is 4.42 Å². The number of thiophene rings is 1. The number of fused-ring (bicyclic) bond motifs is 6. The Morgan fingerprint density at radius 3 is 2.15 bits per heavy atom. The van der Waals surface area contributed by atoms with Crippen LogP contribution in [-0.4, -0.2) is 5.71 Å². The quantitative estimate of drug-likeness (QED) is 0.158. The van der Waals surface area contributed by atoms with E-state index in [4.69, 9.17) is 9.41 Å². The van der Waals surface area contributed by atoms with Gasteiger partial charge in [0.25, 0.3) is 0 Å². The second kappa shape index (κ2) is 15.5. The van der Waals surface area contributed by atoms with Crippen LogP contribution in [0.3, 0.4) is 0 Å². The van der Waals surface area contributed by atoms with Crippen LogP contribution in [0, 0.1) is 11.8 Å². The first kappa shape index (κ1) is 37.4. The fourth-order valence-corrected chi connectivity index (χ4v) is 11.4. The van der Waals surface area contributed by atoms with E-state index in [0.29, 0.717) is 5.92 Å². The number of allylic oxidation sites excluding steroid dienone is 5. The lowest BCUT2D eigenvalue weighted by molar-refractivity contribution is 0.527. The molecule has 1 aliphatic carbocycles. The molecule has 0 amide bonds. The standard InChI is InChI=1S/C58H47NOS/c1-4-45-54(41-20-12-7-13-21-41)36(2)37(3)56(42-28-26-40(27-29-42)38-16-8-5-9-17-38)59-57(45)50-24-15-25-51-55(50)49-33-31-44(34-52(49)60-51)46-22-14-23-48-47-32-30-43(35-53(47)61-58(46)48)39-18-10-6-11-19-39/h5-16,18-35,37-38,45,57H,4,17H2,1-3H3. The molecule has 1 aliphatic heterocycles. The van der Waals surface area contributed by atoms with Crippen LogP contribution in [-0.2, 0) is 0 Å². The zero-order valence-electron chi connectivity index (χ0n) is 34.8. The molecule has 4 unspecified atom stereocenters. The predicted molar refractivity (Wildman–Crippen MR) is 261 cm³/mol. The maximum Gasteiger partial charge on any atom is 0.136 e. The molecule has 0 fully saturated rings. The monoisotopic (exact) mass is 805 g/mol. The topological polar surface area (TPSA) is 25.5 Å². The number of aliphatic imine (C=N–C) groups is 1. The van der Waals surface area contributed by atoms with Crippen molar-refractivity contribution in [3.8, 4) is 22.3 Å². The van der Waals surface area contributed by atoms with Crippen molar-refractivity contribution in [1.29, 1.82) is 0 Å². The SMILES string of the molecule is CCC1C(c2ccccc2)=C(C)C(C)C(c2ccc(C3C=CC=CC3)cc2)=NC1c1cccc2oc3cc(-c4cccc5c4sc4cc(-c6ccccc6)ccc45)ccc3c12. The lowest BCUT2D eigenvalue weighted by Crippen LogP contribution is -2.15. The number of nitrogens with zero attached hydrogens (tertiary/aromatic N) is 1. The molecule has 61 heavy (non-hydrogen) atoms. The lowest BCUT2D eigenvalue weighted by atomic mass is 9.78. The predicted octanol–water partition coefficient (Wildman–Crippen LogP) is 16.6. The summed E-state index contributed by atoms with van der Waals surface area (Å²) in [5.74, 6) is 0.722. The van der Waals surface area contributed by atoms with Gasteiger partial charge in [-0.3, -0.25) is 4.99 Å². The summed E-state index contributed by atoms with van der Waals surface area (Å²) in [6.07, 6.45) is 10.9. The van der Waals surface area contributed by atoms with Crippen LogP contribution in [0.5, 0.6) is 0 Å². The molecule has 2 aliphatic rings. The van der Waals surface area contributed by atoms with Gasteiger partial charge in [0.15, 0.2) is 0 Å². The summed E-state index contributed by atoms with van der Waals surface area (Å²) in [6, 6.07) is 57.9. The van der Waals surface area contributed by atoms with Crippen LogP contribution in [0.25, 0.3) is 69.9 Å². The maximum atomic E-state index is 6.85. The van der Waals surface area contributed by atoms with Gasteiger partial charge in [-0.15, -0.1) is 11.3 Å². The molecular weight excluding hydrogens is 759 g/mol. The van der Waals surface area contributed by atoms with E-state index in [1.165, 1.54) is 70.3 Å². The highest BCUT2D eigenvalue weighted by Crippen LogP contribution is 2.49. The van der Waals surface area contributed by atoms with E-state index in [-0.39, 0.29) is 17.9 Å². The number of hydrogen-bond acceptors (Lipinski definition) is 3. The van der Waals surface area contributed by atoms with E-state index in [2.05, 4.69) is 203 Å². The van der Waals surface area contributed by atoms with Gasteiger partial charge in [-0.05, 0) is 94.1 Å². The summed E-state index contributed by atoms with van der Waals surface area (Å²) in [6.45, 7) is 7.02. The fraction of sp³-hybridized carbons (Fsp3) is 0.155. The number of furan rings is 1. The Morgan fingerprint density at radius 1 is 0.639 bits per heavy atom. The first-order chi connectivity index (χ1) is 30.0. The summed E-state index contributed by atoms with van der Waals surface area (Å²) in [5.41, 5.74) is 15.7. The molecule has 2 aromatic heterocycles. The van der Waals surface area contributed by atoms with Crippen molar-refractivity contribution in [3.05, 3.63) is 210 Å². The first-order valence-electron chi connectivity index (χ1n) is 21.8. The Hall–Kier alpha value is -6.55. The van der Waals surface area contributed by atoms with Crippen LogP contribution in [0.2, 0.25) is 0 Å². The van der Waals surface area contributed by atoms with E-state index in [1.807, 2.05) is 11.3 Å². The molecule has 0 saturated heterocycles. The zero-order valence-corrected chi connectivity index (χ0v) is 35.6. The third-order valence-electron chi connectivity index (χ3n) is 13.4. The minimum absolute atomic E-state index is 0.113. The first-order valence-corrected chi connectivity index (χ1v) is 22.6. The average Bonchev–Trinajstić information content (AvgIpc) is 3.87. The molecule has 3 heterocycles. The molecule has 7 aromatic carbocycles. The fourth-order valence-electron chi connectivity index (χ4n) is 10.2. The van der Waals surface area contributed by atoms with Gasteiger partial charge in [-0.2, -0.15) is 0 Å². The molecule has 0 spiro atoms. The van der Waals surface area contributed by atoms with Crippen LogP contribution < -0.4 is 0 Å². The van der Waals surface area contributed by atoms with Crippen LogP contribution in [0.15, 0.2) is 197 Å². The van der Waals surface area contributed by atoms with Crippen molar-refractivity contribution in [2.24, 2.45) is 16.8 Å². The van der Waals surface area contributed by atoms with Crippen molar-refractivity contribution in [3.63, 3.8) is 0 Å². The van der Waals surface area contributed by atoms with Crippen molar-refractivity contribution >= 4 is 64.7 Å². The minimum Gasteiger partial charge on any atom is -0.456 e. The Morgan fingerprint density at radius 2 is 1.38 bits per heavy atom. The van der Waals surface area contributed by atoms with Gasteiger partial charge in [-0.1, -0.05) is 177 Å². The third kappa shape index (κ3) is 6.51. The molecule has 9 aromatic rings. The summed E-state index contributed by atoms with van der Waals surface area (Å²) in [7, 11) is 0. The second-order valence-electron chi connectivity index (χ2n) is 16.8. The minimum atomic E-state index is -0.113. The molecule has 0 bridgehead atoms. The van der Waals surface area contributed by atoms with E-state index in [9.17, 15) is 0 Å². The molecule has 0 N–H and O–H groups in total. The van der Waals surface area contributed by atoms with Gasteiger partial charge in [0.05, 0.1) is 6.04 Å². The molecule has 3 heteroatoms. The normalized spacial score (nSPS) is 19.3. The van der Waals surface area contributed by atoms with E-state index < -0.39 is 0 Å². The summed E-state index contributed by atoms with van der Waals surface area (Å²) >= 11 is 1.88. The molecule has 4 atom stereocenters. The van der Waals surface area contributed by atoms with Crippen molar-refractivity contribution in [2.75, 3.05) is 0 Å². The maximum absolute atomic E-state index is 6.85. The smallest absolute Gasteiger partial charge is 0.136 e. The van der Waals surface area contributed by atoms with Gasteiger partial charge in [0.1, 0.15) is 11.2 Å². The molecule has 296 valence electrons. The summed E-state index contributed by atoms with van der Waals surface area (Å²) in [4.78, 5) is 5.91. The zero-order chi connectivity index (χ0) is 41.0. The highest BCUT2D eigenvalue weighted by atomic mass is 32.1. The molecule has 2 nitrogen and oxygen atoms in total. The van der Waals surface area contributed by atoms with Crippen molar-refractivity contribution < 1.29 is 4.42 Å². The molecule has 0 saturated carbocycles. The van der Waals surface area contributed by atoms with Crippen LogP contribution >= 0.6 is 11.3 Å².